The van der Waals surface area contributed by atoms with Gasteiger partial charge in [-0.05, 0) is 38.5 Å². The molecule has 0 aliphatic carbocycles. The Morgan fingerprint density at radius 2 is 0.955 bits per heavy atom. The molecule has 0 aliphatic rings. The minimum Gasteiger partial charge on any atom is -0.240 e. The van der Waals surface area contributed by atoms with E-state index in [2.05, 4.69) is 47.9 Å². The normalized spacial score (nSPS) is 11.1. The van der Waals surface area contributed by atoms with Gasteiger partial charge in [-0.25, -0.2) is 9.78 Å². The highest BCUT2D eigenvalue weighted by Gasteiger charge is 1.89. The van der Waals surface area contributed by atoms with Crippen molar-refractivity contribution in [3.63, 3.8) is 0 Å². The Kier molecular flexibility index (Phi) is 27.3. The minimum absolute atomic E-state index is 1.19. The van der Waals surface area contributed by atoms with E-state index in [1.807, 2.05) is 0 Å². The Balaban J connectivity index is 0. The Hall–Kier alpha value is -0.600. The molecule has 0 aromatic carbocycles. The van der Waals surface area contributed by atoms with Crippen LogP contribution in [0.4, 0.5) is 0 Å². The fraction of sp³-hybridized carbons (Fsp3) is 0.800. The lowest BCUT2D eigenvalue weighted by atomic mass is 10.1. The van der Waals surface area contributed by atoms with Crippen molar-refractivity contribution in [1.82, 2.24) is 0 Å². The van der Waals surface area contributed by atoms with Gasteiger partial charge >= 0.3 is 0 Å². The predicted molar refractivity (Wildman–Crippen MR) is 99.1 cm³/mol. The van der Waals surface area contributed by atoms with E-state index in [4.69, 9.17) is 0 Å². The van der Waals surface area contributed by atoms with Crippen LogP contribution >= 0.6 is 0 Å². The Bertz CT molecular complexity index is 220. The molecule has 0 spiro atoms. The summed E-state index contributed by atoms with van der Waals surface area (Å²) in [5, 5.41) is 0. The second kappa shape index (κ2) is 25.4. The molecule has 0 radical (unpaired) electrons. The first-order valence-electron chi connectivity index (χ1n) is 9.20. The molecule has 0 amide bonds. The van der Waals surface area contributed by atoms with Gasteiger partial charge in [-0.1, -0.05) is 76.7 Å². The van der Waals surface area contributed by atoms with Crippen LogP contribution in [0, 0.1) is 0 Å². The van der Waals surface area contributed by atoms with Crippen LogP contribution in [0.15, 0.2) is 24.3 Å². The van der Waals surface area contributed by atoms with Crippen molar-refractivity contribution in [1.29, 1.82) is 0 Å². The van der Waals surface area contributed by atoms with E-state index in [-0.39, 0.29) is 0 Å². The topological polar surface area (TPSA) is 18.5 Å². The first-order valence-corrected chi connectivity index (χ1v) is 9.20. The molecule has 0 heterocycles. The van der Waals surface area contributed by atoms with Gasteiger partial charge in [0, 0.05) is 0 Å². The summed E-state index contributed by atoms with van der Waals surface area (Å²) >= 11 is 0. The van der Waals surface area contributed by atoms with Gasteiger partial charge in [0.2, 0.25) is 0 Å². The number of rotatable bonds is 14. The van der Waals surface area contributed by atoms with Gasteiger partial charge in [-0.15, -0.1) is 0 Å². The molecule has 0 aliphatic heterocycles. The van der Waals surface area contributed by atoms with Gasteiger partial charge < -0.3 is 0 Å². The van der Waals surface area contributed by atoms with Crippen LogP contribution in [0.25, 0.3) is 0 Å². The van der Waals surface area contributed by atoms with Crippen molar-refractivity contribution in [2.75, 3.05) is 14.2 Å². The van der Waals surface area contributed by atoms with E-state index in [9.17, 15) is 0 Å². The molecular weight excluding hydrogens is 272 g/mol. The Morgan fingerprint density at radius 1 is 0.545 bits per heavy atom. The number of hydrogen-bond acceptors (Lipinski definition) is 2. The molecule has 0 bridgehead atoms. The zero-order chi connectivity index (χ0) is 16.7. The first kappa shape index (κ1) is 23.7. The van der Waals surface area contributed by atoms with Crippen molar-refractivity contribution in [3.05, 3.63) is 24.3 Å². The summed E-state index contributed by atoms with van der Waals surface area (Å²) in [7, 11) is 2.92. The summed E-state index contributed by atoms with van der Waals surface area (Å²) in [5.74, 6) is 0. The highest BCUT2D eigenvalue weighted by Crippen LogP contribution is 2.09. The number of hydrogen-bond donors (Lipinski definition) is 0. The molecule has 2 nitrogen and oxygen atoms in total. The largest absolute Gasteiger partial charge is 0.240 e. The van der Waals surface area contributed by atoms with E-state index in [0.29, 0.717) is 0 Å². The zero-order valence-electron chi connectivity index (χ0n) is 15.6. The van der Waals surface area contributed by atoms with E-state index in [1.54, 1.807) is 0 Å². The van der Waals surface area contributed by atoms with Crippen molar-refractivity contribution >= 4 is 0 Å². The second-order valence-corrected chi connectivity index (χ2v) is 5.53. The molecule has 0 aromatic heterocycles. The van der Waals surface area contributed by atoms with Crippen LogP contribution in [0.2, 0.25) is 0 Å². The van der Waals surface area contributed by atoms with Crippen molar-refractivity contribution in [3.8, 4) is 0 Å². The third-order valence-corrected chi connectivity index (χ3v) is 3.45. The lowest BCUT2D eigenvalue weighted by molar-refractivity contribution is -0.248. The monoisotopic (exact) mass is 312 g/mol. The highest BCUT2D eigenvalue weighted by atomic mass is 17.2. The van der Waals surface area contributed by atoms with Gasteiger partial charge in [0.05, 0.1) is 14.2 Å². The van der Waals surface area contributed by atoms with Gasteiger partial charge in [-0.3, -0.25) is 0 Å². The Labute approximate surface area is 139 Å². The maximum absolute atomic E-state index is 4.04. The van der Waals surface area contributed by atoms with Crippen LogP contribution < -0.4 is 0 Å². The predicted octanol–water partition coefficient (Wildman–Crippen LogP) is 7.01. The second-order valence-electron chi connectivity index (χ2n) is 5.53. The van der Waals surface area contributed by atoms with Crippen molar-refractivity contribution in [2.24, 2.45) is 0 Å². The summed E-state index contributed by atoms with van der Waals surface area (Å²) in [5.41, 5.74) is 0. The molecule has 0 unspecified atom stereocenters. The number of allylic oxidation sites excluding steroid dienone is 4. The molecule has 22 heavy (non-hydrogen) atoms. The fourth-order valence-electron chi connectivity index (χ4n) is 2.07. The van der Waals surface area contributed by atoms with E-state index in [1.165, 1.54) is 91.3 Å². The maximum Gasteiger partial charge on any atom is 0.0712 e. The molecule has 2 heteroatoms. The SMILES string of the molecule is CC/C=C/CCCCCCCC/C=C/CCCC.COOC. The van der Waals surface area contributed by atoms with Crippen LogP contribution in [0.3, 0.4) is 0 Å². The average Bonchev–Trinajstić information content (AvgIpc) is 2.55. The van der Waals surface area contributed by atoms with Gasteiger partial charge in [-0.2, -0.15) is 0 Å². The molecule has 0 saturated heterocycles. The van der Waals surface area contributed by atoms with Crippen LogP contribution in [0.5, 0.6) is 0 Å². The van der Waals surface area contributed by atoms with Gasteiger partial charge in [0.1, 0.15) is 0 Å². The standard InChI is InChI=1S/C18H34.C2H6O2/c1-3-5-7-9-11-13-15-17-18-16-14-12-10-8-6-4-2;1-3-4-2/h5,7,10,12H,3-4,6,8-9,11,13-18H2,1-2H3;1-2H3/b7-5+,12-10+;. The molecule has 0 aromatic rings. The fourth-order valence-corrected chi connectivity index (χ4v) is 2.07. The molecule has 0 N–H and O–H groups in total. The van der Waals surface area contributed by atoms with Gasteiger partial charge in [0.25, 0.3) is 0 Å². The quantitative estimate of drug-likeness (QED) is 0.148. The zero-order valence-corrected chi connectivity index (χ0v) is 15.6. The summed E-state index contributed by atoms with van der Waals surface area (Å²) < 4.78 is 0. The van der Waals surface area contributed by atoms with E-state index < -0.39 is 0 Å². The Morgan fingerprint density at radius 3 is 1.36 bits per heavy atom. The third kappa shape index (κ3) is 27.7. The molecule has 0 rings (SSSR count). The van der Waals surface area contributed by atoms with Crippen molar-refractivity contribution < 1.29 is 9.78 Å². The molecule has 0 saturated carbocycles. The van der Waals surface area contributed by atoms with Crippen LogP contribution in [0.1, 0.15) is 90.9 Å². The maximum atomic E-state index is 4.04. The molecular formula is C20H40O2. The highest BCUT2D eigenvalue weighted by molar-refractivity contribution is 4.81. The van der Waals surface area contributed by atoms with Gasteiger partial charge in [0.15, 0.2) is 0 Å². The van der Waals surface area contributed by atoms with Crippen LogP contribution in [-0.4, -0.2) is 14.2 Å². The number of unbranched alkanes of at least 4 members (excludes halogenated alkanes) is 9. The van der Waals surface area contributed by atoms with Crippen molar-refractivity contribution in [2.45, 2.75) is 90.9 Å². The summed E-state index contributed by atoms with van der Waals surface area (Å²) in [6.45, 7) is 4.46. The first-order chi connectivity index (χ1) is 10.8. The lowest BCUT2D eigenvalue weighted by Gasteiger charge is -1.99. The van der Waals surface area contributed by atoms with Crippen LogP contribution in [-0.2, 0) is 9.78 Å². The third-order valence-electron chi connectivity index (χ3n) is 3.45. The summed E-state index contributed by atoms with van der Waals surface area (Å²) in [4.78, 5) is 8.08. The summed E-state index contributed by atoms with van der Waals surface area (Å²) in [6, 6.07) is 0. The minimum atomic E-state index is 1.19. The van der Waals surface area contributed by atoms with E-state index >= 15 is 0 Å². The lowest BCUT2D eigenvalue weighted by Crippen LogP contribution is -1.79. The molecule has 0 fully saturated rings. The van der Waals surface area contributed by atoms with E-state index in [0.717, 1.165) is 0 Å². The smallest absolute Gasteiger partial charge is 0.0712 e. The average molecular weight is 313 g/mol. The molecule has 132 valence electrons. The summed E-state index contributed by atoms with van der Waals surface area (Å²) in [6.07, 6.45) is 25.5. The molecule has 0 atom stereocenters.